The minimum Gasteiger partial charge on any atom is -0.370 e. The Bertz CT molecular complexity index is 565. The van der Waals surface area contributed by atoms with Crippen LogP contribution in [0.1, 0.15) is 128 Å². The standard InChI is InChI=1S/C28H51N3O/c1-31(28(29)30)27(32)26(19-18-23-12-6-3-7-13-23)21-25-17-9-16-24(20-25)15-8-14-22-10-4-2-5-11-22/h22-26H,2-21H2,1H3,(H3,29,30)/t24-,25-,26+/m1/s1. The lowest BCUT2D eigenvalue weighted by atomic mass is 9.74. The first-order valence-corrected chi connectivity index (χ1v) is 14.1. The van der Waals surface area contributed by atoms with E-state index in [0.29, 0.717) is 5.92 Å². The van der Waals surface area contributed by atoms with Crippen molar-refractivity contribution in [2.45, 2.75) is 128 Å². The van der Waals surface area contributed by atoms with E-state index in [4.69, 9.17) is 11.1 Å². The van der Waals surface area contributed by atoms with Gasteiger partial charge >= 0.3 is 0 Å². The molecule has 3 rings (SSSR count). The summed E-state index contributed by atoms with van der Waals surface area (Å²) in [6.07, 6.45) is 26.9. The van der Waals surface area contributed by atoms with Gasteiger partial charge in [0, 0.05) is 13.0 Å². The van der Waals surface area contributed by atoms with Crippen LogP contribution in [0, 0.1) is 35.0 Å². The van der Waals surface area contributed by atoms with Crippen LogP contribution in [0.3, 0.4) is 0 Å². The van der Waals surface area contributed by atoms with Crippen LogP contribution in [0.5, 0.6) is 0 Å². The van der Waals surface area contributed by atoms with E-state index >= 15 is 0 Å². The molecular weight excluding hydrogens is 394 g/mol. The van der Waals surface area contributed by atoms with E-state index in [2.05, 4.69) is 0 Å². The van der Waals surface area contributed by atoms with E-state index in [1.807, 2.05) is 0 Å². The van der Waals surface area contributed by atoms with Gasteiger partial charge in [0.2, 0.25) is 5.91 Å². The Labute approximate surface area is 198 Å². The van der Waals surface area contributed by atoms with Gasteiger partial charge in [0.05, 0.1) is 0 Å². The average Bonchev–Trinajstić information content (AvgIpc) is 2.82. The van der Waals surface area contributed by atoms with E-state index < -0.39 is 0 Å². The molecule has 0 unspecified atom stereocenters. The Morgan fingerprint density at radius 3 is 1.97 bits per heavy atom. The molecule has 0 aromatic heterocycles. The van der Waals surface area contributed by atoms with Crippen molar-refractivity contribution in [3.05, 3.63) is 0 Å². The van der Waals surface area contributed by atoms with Gasteiger partial charge in [-0.25, -0.2) is 0 Å². The van der Waals surface area contributed by atoms with Crippen LogP contribution >= 0.6 is 0 Å². The maximum atomic E-state index is 13.2. The highest BCUT2D eigenvalue weighted by Crippen LogP contribution is 2.38. The fourth-order valence-electron chi connectivity index (χ4n) is 7.10. The number of amides is 1. The van der Waals surface area contributed by atoms with Crippen molar-refractivity contribution in [2.75, 3.05) is 7.05 Å². The SMILES string of the molecule is CN(C(=N)N)C(=O)[C@@H](CCC1CCCCC1)C[C@@H]1CCC[C@@H](CCCC2CCCCC2)C1. The van der Waals surface area contributed by atoms with Gasteiger partial charge in [-0.3, -0.25) is 15.1 Å². The Kier molecular flexibility index (Phi) is 10.9. The summed E-state index contributed by atoms with van der Waals surface area (Å²) in [4.78, 5) is 14.6. The third kappa shape index (κ3) is 8.37. The molecule has 0 bridgehead atoms. The quantitative estimate of drug-likeness (QED) is 0.274. The molecule has 3 fully saturated rings. The molecule has 0 saturated heterocycles. The first kappa shape index (κ1) is 25.6. The number of carbonyl (C=O) groups excluding carboxylic acids is 1. The Hall–Kier alpha value is -1.06. The Morgan fingerprint density at radius 2 is 1.34 bits per heavy atom. The molecule has 0 heterocycles. The lowest BCUT2D eigenvalue weighted by Crippen LogP contribution is -2.42. The number of nitrogens with two attached hydrogens (primary N) is 1. The molecular formula is C28H51N3O. The van der Waals surface area contributed by atoms with Crippen LogP contribution in [0.4, 0.5) is 0 Å². The minimum atomic E-state index is -0.109. The summed E-state index contributed by atoms with van der Waals surface area (Å²) in [6.45, 7) is 0. The van der Waals surface area contributed by atoms with Crippen molar-refractivity contribution in [1.29, 1.82) is 5.41 Å². The number of rotatable bonds is 10. The number of hydrogen-bond acceptors (Lipinski definition) is 2. The lowest BCUT2D eigenvalue weighted by Gasteiger charge is -2.33. The lowest BCUT2D eigenvalue weighted by molar-refractivity contribution is -0.131. The van der Waals surface area contributed by atoms with Crippen LogP contribution in [0.25, 0.3) is 0 Å². The summed E-state index contributed by atoms with van der Waals surface area (Å²) in [5.41, 5.74) is 5.67. The summed E-state index contributed by atoms with van der Waals surface area (Å²) in [6, 6.07) is 0. The summed E-state index contributed by atoms with van der Waals surface area (Å²) in [5.74, 6) is 3.40. The molecule has 3 atom stereocenters. The van der Waals surface area contributed by atoms with Crippen molar-refractivity contribution in [2.24, 2.45) is 35.3 Å². The highest BCUT2D eigenvalue weighted by atomic mass is 16.2. The number of carbonyl (C=O) groups is 1. The Morgan fingerprint density at radius 1 is 0.812 bits per heavy atom. The number of nitrogens with zero attached hydrogens (tertiary/aromatic N) is 1. The zero-order valence-electron chi connectivity index (χ0n) is 21.0. The van der Waals surface area contributed by atoms with Gasteiger partial charge in [0.15, 0.2) is 5.96 Å². The van der Waals surface area contributed by atoms with Gasteiger partial charge in [-0.05, 0) is 49.4 Å². The third-order valence-corrected chi connectivity index (χ3v) is 9.15. The van der Waals surface area contributed by atoms with E-state index in [1.165, 1.54) is 120 Å². The average molecular weight is 446 g/mol. The molecule has 4 heteroatoms. The zero-order chi connectivity index (χ0) is 22.8. The highest BCUT2D eigenvalue weighted by molar-refractivity contribution is 5.95. The van der Waals surface area contributed by atoms with Gasteiger partial charge in [0.25, 0.3) is 0 Å². The topological polar surface area (TPSA) is 70.2 Å². The van der Waals surface area contributed by atoms with Gasteiger partial charge in [-0.15, -0.1) is 0 Å². The molecule has 0 aromatic carbocycles. The fourth-order valence-corrected chi connectivity index (χ4v) is 7.10. The van der Waals surface area contributed by atoms with Crippen LogP contribution in [0.15, 0.2) is 0 Å². The molecule has 3 aliphatic carbocycles. The highest BCUT2D eigenvalue weighted by Gasteiger charge is 2.30. The van der Waals surface area contributed by atoms with E-state index in [-0.39, 0.29) is 17.8 Å². The summed E-state index contributed by atoms with van der Waals surface area (Å²) in [5, 5.41) is 7.75. The second-order valence-corrected chi connectivity index (χ2v) is 11.6. The molecule has 3 N–H and O–H groups in total. The predicted molar refractivity (Wildman–Crippen MR) is 134 cm³/mol. The van der Waals surface area contributed by atoms with Crippen molar-refractivity contribution in [1.82, 2.24) is 4.90 Å². The number of hydrogen-bond donors (Lipinski definition) is 2. The third-order valence-electron chi connectivity index (χ3n) is 9.15. The van der Waals surface area contributed by atoms with Crippen LogP contribution in [0.2, 0.25) is 0 Å². The largest absolute Gasteiger partial charge is 0.370 e. The maximum Gasteiger partial charge on any atom is 0.232 e. The molecule has 0 spiro atoms. The molecule has 3 aliphatic rings. The maximum absolute atomic E-state index is 13.2. The van der Waals surface area contributed by atoms with Gasteiger partial charge in [-0.1, -0.05) is 103 Å². The second kappa shape index (κ2) is 13.6. The summed E-state index contributed by atoms with van der Waals surface area (Å²) < 4.78 is 0. The minimum absolute atomic E-state index is 0.0526. The van der Waals surface area contributed by atoms with E-state index in [1.54, 1.807) is 7.05 Å². The van der Waals surface area contributed by atoms with E-state index in [9.17, 15) is 4.79 Å². The van der Waals surface area contributed by atoms with Crippen molar-refractivity contribution < 1.29 is 4.79 Å². The Balaban J connectivity index is 1.47. The smallest absolute Gasteiger partial charge is 0.232 e. The van der Waals surface area contributed by atoms with Gasteiger partial charge in [0.1, 0.15) is 0 Å². The number of guanidine groups is 1. The summed E-state index contributed by atoms with van der Waals surface area (Å²) >= 11 is 0. The fraction of sp³-hybridized carbons (Fsp3) is 0.929. The molecule has 0 aromatic rings. The van der Waals surface area contributed by atoms with Crippen LogP contribution in [-0.2, 0) is 4.79 Å². The van der Waals surface area contributed by atoms with E-state index in [0.717, 1.165) is 30.6 Å². The second-order valence-electron chi connectivity index (χ2n) is 11.6. The summed E-state index contributed by atoms with van der Waals surface area (Å²) in [7, 11) is 1.69. The van der Waals surface area contributed by atoms with Gasteiger partial charge in [-0.2, -0.15) is 0 Å². The first-order valence-electron chi connectivity index (χ1n) is 14.1. The molecule has 3 saturated carbocycles. The molecule has 184 valence electrons. The van der Waals surface area contributed by atoms with Crippen LogP contribution in [-0.4, -0.2) is 23.8 Å². The van der Waals surface area contributed by atoms with Crippen molar-refractivity contribution in [3.8, 4) is 0 Å². The number of nitrogens with one attached hydrogen (secondary N) is 1. The molecule has 1 amide bonds. The van der Waals surface area contributed by atoms with Crippen molar-refractivity contribution in [3.63, 3.8) is 0 Å². The predicted octanol–water partition coefficient (Wildman–Crippen LogP) is 7.26. The monoisotopic (exact) mass is 445 g/mol. The van der Waals surface area contributed by atoms with Gasteiger partial charge < -0.3 is 5.73 Å². The first-order chi connectivity index (χ1) is 15.5. The molecule has 4 nitrogen and oxygen atoms in total. The van der Waals surface area contributed by atoms with Crippen LogP contribution < -0.4 is 5.73 Å². The molecule has 32 heavy (non-hydrogen) atoms. The van der Waals surface area contributed by atoms with Crippen molar-refractivity contribution >= 4 is 11.9 Å². The normalized spacial score (nSPS) is 26.5. The molecule has 0 radical (unpaired) electrons. The molecule has 0 aliphatic heterocycles. The zero-order valence-corrected chi connectivity index (χ0v) is 21.0.